The number of likely N-dealkylation sites (tertiary alicyclic amines) is 1. The molecule has 3 heterocycles. The summed E-state index contributed by atoms with van der Waals surface area (Å²) in [5.74, 6) is 1.99. The van der Waals surface area contributed by atoms with Crippen LogP contribution in [-0.2, 0) is 18.3 Å². The first kappa shape index (κ1) is 13.6. The van der Waals surface area contributed by atoms with Crippen molar-refractivity contribution >= 4 is 5.91 Å². The third-order valence-electron chi connectivity index (χ3n) is 4.58. The molecule has 0 bridgehead atoms. The van der Waals surface area contributed by atoms with Gasteiger partial charge in [-0.3, -0.25) is 4.79 Å². The second-order valence-electron chi connectivity index (χ2n) is 6.10. The minimum absolute atomic E-state index is 0.0712. The van der Waals surface area contributed by atoms with Crippen LogP contribution in [0, 0.1) is 5.92 Å². The van der Waals surface area contributed by atoms with Crippen molar-refractivity contribution in [3.8, 4) is 0 Å². The molecule has 0 unspecified atom stereocenters. The average Bonchev–Trinajstić information content (AvgIpc) is 3.11. The van der Waals surface area contributed by atoms with Gasteiger partial charge < -0.3 is 14.8 Å². The smallest absolute Gasteiger partial charge is 0.239 e. The van der Waals surface area contributed by atoms with Crippen LogP contribution in [0.4, 0.5) is 0 Å². The van der Waals surface area contributed by atoms with Crippen molar-refractivity contribution in [1.82, 2.24) is 19.8 Å². The molecular weight excluding hydrogens is 252 g/mol. The molecule has 0 saturated carbocycles. The summed E-state index contributed by atoms with van der Waals surface area (Å²) >= 11 is 0. The summed E-state index contributed by atoms with van der Waals surface area (Å²) in [4.78, 5) is 18.9. The predicted molar refractivity (Wildman–Crippen MR) is 77.2 cm³/mol. The lowest BCUT2D eigenvalue weighted by Gasteiger charge is -2.34. The van der Waals surface area contributed by atoms with Crippen molar-refractivity contribution in [3.05, 3.63) is 18.2 Å². The summed E-state index contributed by atoms with van der Waals surface area (Å²) in [5, 5.41) is 3.32. The predicted octanol–water partition coefficient (Wildman–Crippen LogP) is 0.953. The van der Waals surface area contributed by atoms with Crippen LogP contribution in [0.25, 0.3) is 0 Å². The molecule has 5 nitrogen and oxygen atoms in total. The maximum atomic E-state index is 12.5. The fourth-order valence-electron chi connectivity index (χ4n) is 3.40. The van der Waals surface area contributed by atoms with Gasteiger partial charge in [-0.15, -0.1) is 0 Å². The molecule has 2 atom stereocenters. The second kappa shape index (κ2) is 5.95. The summed E-state index contributed by atoms with van der Waals surface area (Å²) < 4.78 is 2.08. The minimum Gasteiger partial charge on any atom is -0.341 e. The van der Waals surface area contributed by atoms with Gasteiger partial charge in [-0.2, -0.15) is 0 Å². The summed E-state index contributed by atoms with van der Waals surface area (Å²) in [6.07, 6.45) is 9.26. The first-order valence-corrected chi connectivity index (χ1v) is 7.72. The van der Waals surface area contributed by atoms with Crippen molar-refractivity contribution in [2.75, 3.05) is 19.6 Å². The van der Waals surface area contributed by atoms with E-state index < -0.39 is 0 Å². The Morgan fingerprint density at radius 3 is 3.05 bits per heavy atom. The Balaban J connectivity index is 1.58. The Labute approximate surface area is 120 Å². The Morgan fingerprint density at radius 2 is 2.35 bits per heavy atom. The van der Waals surface area contributed by atoms with E-state index in [1.165, 1.54) is 6.42 Å². The molecule has 0 spiro atoms. The van der Waals surface area contributed by atoms with E-state index in [0.717, 1.165) is 51.1 Å². The van der Waals surface area contributed by atoms with Crippen LogP contribution in [0.1, 0.15) is 31.5 Å². The maximum Gasteiger partial charge on any atom is 0.239 e. The van der Waals surface area contributed by atoms with Crippen LogP contribution in [-0.4, -0.2) is 46.0 Å². The lowest BCUT2D eigenvalue weighted by atomic mass is 9.94. The molecule has 0 radical (unpaired) electrons. The lowest BCUT2D eigenvalue weighted by molar-refractivity contribution is -0.134. The molecule has 2 aliphatic rings. The molecule has 5 heteroatoms. The highest BCUT2D eigenvalue weighted by Crippen LogP contribution is 2.21. The van der Waals surface area contributed by atoms with Gasteiger partial charge in [-0.1, -0.05) is 0 Å². The zero-order valence-electron chi connectivity index (χ0n) is 12.2. The number of aryl methyl sites for hydroxylation is 1. The Morgan fingerprint density at radius 1 is 1.45 bits per heavy atom. The van der Waals surface area contributed by atoms with Gasteiger partial charge in [0.05, 0.1) is 6.04 Å². The average molecular weight is 276 g/mol. The van der Waals surface area contributed by atoms with Crippen LogP contribution in [0.2, 0.25) is 0 Å². The molecule has 1 aromatic rings. The first-order chi connectivity index (χ1) is 9.74. The van der Waals surface area contributed by atoms with Crippen LogP contribution in [0.3, 0.4) is 0 Å². The monoisotopic (exact) mass is 276 g/mol. The number of hydrogen-bond donors (Lipinski definition) is 1. The Hall–Kier alpha value is -1.36. The highest BCUT2D eigenvalue weighted by molar-refractivity contribution is 5.82. The molecule has 20 heavy (non-hydrogen) atoms. The number of nitrogens with one attached hydrogen (secondary N) is 1. The van der Waals surface area contributed by atoms with E-state index in [-0.39, 0.29) is 6.04 Å². The fraction of sp³-hybridized carbons (Fsp3) is 0.733. The van der Waals surface area contributed by atoms with Crippen molar-refractivity contribution in [1.29, 1.82) is 0 Å². The summed E-state index contributed by atoms with van der Waals surface area (Å²) in [7, 11) is 2.04. The fourth-order valence-corrected chi connectivity index (χ4v) is 3.40. The van der Waals surface area contributed by atoms with E-state index in [4.69, 9.17) is 0 Å². The molecule has 1 aromatic heterocycles. The number of carbonyl (C=O) groups is 1. The van der Waals surface area contributed by atoms with Gasteiger partial charge in [-0.05, 0) is 38.1 Å². The zero-order chi connectivity index (χ0) is 13.9. The number of piperidine rings is 1. The van der Waals surface area contributed by atoms with Gasteiger partial charge in [0.25, 0.3) is 0 Å². The molecule has 0 aromatic carbocycles. The third-order valence-corrected chi connectivity index (χ3v) is 4.58. The summed E-state index contributed by atoms with van der Waals surface area (Å²) in [5.41, 5.74) is 0. The van der Waals surface area contributed by atoms with Crippen LogP contribution >= 0.6 is 0 Å². The van der Waals surface area contributed by atoms with E-state index in [9.17, 15) is 4.79 Å². The molecule has 1 N–H and O–H groups in total. The molecule has 1 amide bonds. The molecule has 0 aliphatic carbocycles. The normalized spacial score (nSPS) is 26.9. The second-order valence-corrected chi connectivity index (χ2v) is 6.10. The van der Waals surface area contributed by atoms with Gasteiger partial charge in [-0.25, -0.2) is 4.98 Å². The van der Waals surface area contributed by atoms with Crippen molar-refractivity contribution in [3.63, 3.8) is 0 Å². The molecule has 2 aliphatic heterocycles. The number of carbonyl (C=O) groups excluding carboxylic acids is 1. The molecular formula is C15H24N4O. The highest BCUT2D eigenvalue weighted by Gasteiger charge is 2.30. The number of imidazole rings is 1. The number of hydrogen-bond acceptors (Lipinski definition) is 3. The highest BCUT2D eigenvalue weighted by atomic mass is 16.2. The topological polar surface area (TPSA) is 50.2 Å². The van der Waals surface area contributed by atoms with Crippen molar-refractivity contribution < 1.29 is 4.79 Å². The van der Waals surface area contributed by atoms with Gasteiger partial charge in [0.1, 0.15) is 5.82 Å². The Bertz CT molecular complexity index is 464. The van der Waals surface area contributed by atoms with Gasteiger partial charge in [0, 0.05) is 39.0 Å². The Kier molecular flexibility index (Phi) is 4.05. The third kappa shape index (κ3) is 2.87. The van der Waals surface area contributed by atoms with E-state index in [0.29, 0.717) is 11.8 Å². The maximum absolute atomic E-state index is 12.5. The lowest BCUT2D eigenvalue weighted by Crippen LogP contribution is -2.48. The SMILES string of the molecule is Cn1ccnc1C[C@@H]1CCCN(C(=O)[C@@H]2CCCN2)C1. The van der Waals surface area contributed by atoms with Gasteiger partial charge in [0.15, 0.2) is 0 Å². The molecule has 3 rings (SSSR count). The van der Waals surface area contributed by atoms with Gasteiger partial charge in [0.2, 0.25) is 5.91 Å². The number of rotatable bonds is 3. The van der Waals surface area contributed by atoms with Crippen molar-refractivity contribution in [2.45, 2.75) is 38.1 Å². The summed E-state index contributed by atoms with van der Waals surface area (Å²) in [6, 6.07) is 0.0712. The van der Waals surface area contributed by atoms with E-state index >= 15 is 0 Å². The van der Waals surface area contributed by atoms with E-state index in [1.54, 1.807) is 0 Å². The number of aromatic nitrogens is 2. The standard InChI is InChI=1S/C15H24N4O/c1-18-9-7-17-14(18)10-12-4-3-8-19(11-12)15(20)13-5-2-6-16-13/h7,9,12-13,16H,2-6,8,10-11H2,1H3/t12-,13-/m0/s1. The van der Waals surface area contributed by atoms with Crippen LogP contribution < -0.4 is 5.32 Å². The summed E-state index contributed by atoms with van der Waals surface area (Å²) in [6.45, 7) is 2.80. The molecule has 2 saturated heterocycles. The van der Waals surface area contributed by atoms with Crippen molar-refractivity contribution in [2.24, 2.45) is 13.0 Å². The number of amides is 1. The van der Waals surface area contributed by atoms with Gasteiger partial charge >= 0.3 is 0 Å². The zero-order valence-corrected chi connectivity index (χ0v) is 12.2. The van der Waals surface area contributed by atoms with E-state index in [2.05, 4.69) is 19.8 Å². The quantitative estimate of drug-likeness (QED) is 0.894. The van der Waals surface area contributed by atoms with Crippen LogP contribution in [0.15, 0.2) is 12.4 Å². The van der Waals surface area contributed by atoms with Crippen LogP contribution in [0.5, 0.6) is 0 Å². The largest absolute Gasteiger partial charge is 0.341 e. The van der Waals surface area contributed by atoms with E-state index in [1.807, 2.05) is 19.4 Å². The minimum atomic E-state index is 0.0712. The molecule has 2 fully saturated rings. The molecule has 110 valence electrons. The number of nitrogens with zero attached hydrogens (tertiary/aromatic N) is 3. The first-order valence-electron chi connectivity index (χ1n) is 7.72.